The molecule has 0 saturated heterocycles. The molecule has 2 rings (SSSR count). The lowest BCUT2D eigenvalue weighted by Gasteiger charge is -2.18. The minimum absolute atomic E-state index is 0.144. The van der Waals surface area contributed by atoms with Crippen molar-refractivity contribution >= 4 is 5.78 Å². The molecule has 0 fully saturated rings. The van der Waals surface area contributed by atoms with Gasteiger partial charge in [0.05, 0.1) is 5.56 Å². The number of hydrogen-bond acceptors (Lipinski definition) is 2. The molecular weight excluding hydrogens is 312 g/mol. The number of carbonyl (C=O) groups is 1. The molecule has 0 aliphatic heterocycles. The van der Waals surface area contributed by atoms with E-state index in [2.05, 4.69) is 4.98 Å². The average molecular weight is 325 g/mol. The largest absolute Gasteiger partial charge is 0.454 e. The van der Waals surface area contributed by atoms with E-state index in [4.69, 9.17) is 0 Å². The SMILES string of the molecule is O=C(c1cc2c(nc1C(F)(F)F)CCCCCC2)C(F)(F)F. The maximum atomic E-state index is 13.0. The molecule has 1 heterocycles. The molecule has 2 nitrogen and oxygen atoms in total. The molecule has 0 bridgehead atoms. The maximum absolute atomic E-state index is 13.0. The summed E-state index contributed by atoms with van der Waals surface area (Å²) < 4.78 is 76.5. The lowest BCUT2D eigenvalue weighted by Crippen LogP contribution is -2.28. The van der Waals surface area contributed by atoms with Crippen LogP contribution in [-0.4, -0.2) is 16.9 Å². The zero-order valence-corrected chi connectivity index (χ0v) is 11.4. The molecule has 22 heavy (non-hydrogen) atoms. The number of Topliss-reactive ketones (excluding diaryl/α,β-unsaturated/α-hetero) is 1. The topological polar surface area (TPSA) is 30.0 Å². The standard InChI is InChI=1S/C14H13F6NO/c15-13(16,17)11-9(12(22)14(18,19)20)7-8-5-3-1-2-4-6-10(8)21-11/h7H,1-6H2. The number of aromatic nitrogens is 1. The molecule has 1 aliphatic carbocycles. The Morgan fingerprint density at radius 2 is 1.55 bits per heavy atom. The van der Waals surface area contributed by atoms with Crippen LogP contribution in [-0.2, 0) is 19.0 Å². The Labute approximate surface area is 122 Å². The number of hydrogen-bond donors (Lipinski definition) is 0. The number of carbonyl (C=O) groups excluding carboxylic acids is 1. The Morgan fingerprint density at radius 3 is 2.09 bits per heavy atom. The summed E-state index contributed by atoms with van der Waals surface area (Å²) in [7, 11) is 0. The Kier molecular flexibility index (Phi) is 4.49. The summed E-state index contributed by atoms with van der Waals surface area (Å²) in [6.45, 7) is 0. The highest BCUT2D eigenvalue weighted by atomic mass is 19.4. The number of ketones is 1. The monoisotopic (exact) mass is 325 g/mol. The van der Waals surface area contributed by atoms with Crippen LogP contribution in [0.4, 0.5) is 26.3 Å². The molecule has 0 amide bonds. The van der Waals surface area contributed by atoms with Gasteiger partial charge in [-0.05, 0) is 37.3 Å². The van der Waals surface area contributed by atoms with Crippen molar-refractivity contribution in [3.05, 3.63) is 28.6 Å². The van der Waals surface area contributed by atoms with Crippen molar-refractivity contribution in [2.75, 3.05) is 0 Å². The van der Waals surface area contributed by atoms with E-state index in [-0.39, 0.29) is 12.1 Å². The predicted molar refractivity (Wildman–Crippen MR) is 65.5 cm³/mol. The van der Waals surface area contributed by atoms with E-state index in [1.807, 2.05) is 0 Å². The Balaban J connectivity index is 2.59. The van der Waals surface area contributed by atoms with Gasteiger partial charge < -0.3 is 0 Å². The Morgan fingerprint density at radius 1 is 0.955 bits per heavy atom. The van der Waals surface area contributed by atoms with Crippen molar-refractivity contribution in [2.45, 2.75) is 50.9 Å². The number of aryl methyl sites for hydroxylation is 2. The lowest BCUT2D eigenvalue weighted by atomic mass is 9.94. The number of pyridine rings is 1. The second-order valence-electron chi connectivity index (χ2n) is 5.23. The van der Waals surface area contributed by atoms with Crippen LogP contribution in [0.1, 0.15) is 53.0 Å². The van der Waals surface area contributed by atoms with Crippen LogP contribution < -0.4 is 0 Å². The highest BCUT2D eigenvalue weighted by Gasteiger charge is 2.46. The minimum Gasteiger partial charge on any atom is -0.284 e. The maximum Gasteiger partial charge on any atom is 0.454 e. The van der Waals surface area contributed by atoms with Gasteiger partial charge in [-0.1, -0.05) is 12.8 Å². The zero-order chi connectivity index (χ0) is 16.5. The predicted octanol–water partition coefficient (Wildman–Crippen LogP) is 4.50. The third-order valence-corrected chi connectivity index (χ3v) is 3.57. The average Bonchev–Trinajstić information content (AvgIpc) is 2.35. The van der Waals surface area contributed by atoms with Gasteiger partial charge in [0.1, 0.15) is 0 Å². The van der Waals surface area contributed by atoms with Gasteiger partial charge in [0, 0.05) is 5.69 Å². The lowest BCUT2D eigenvalue weighted by molar-refractivity contribution is -0.142. The summed E-state index contributed by atoms with van der Waals surface area (Å²) in [5, 5.41) is 0. The summed E-state index contributed by atoms with van der Waals surface area (Å²) in [5.41, 5.74) is -2.69. The fraction of sp³-hybridized carbons (Fsp3) is 0.571. The van der Waals surface area contributed by atoms with Gasteiger partial charge in [-0.3, -0.25) is 4.79 Å². The Bertz CT molecular complexity index is 576. The number of alkyl halides is 6. The van der Waals surface area contributed by atoms with E-state index in [0.717, 1.165) is 18.9 Å². The summed E-state index contributed by atoms with van der Waals surface area (Å²) >= 11 is 0. The van der Waals surface area contributed by atoms with E-state index in [0.29, 0.717) is 24.8 Å². The first-order chi connectivity index (χ1) is 10.1. The summed E-state index contributed by atoms with van der Waals surface area (Å²) in [6, 6.07) is 0.728. The van der Waals surface area contributed by atoms with Gasteiger partial charge >= 0.3 is 12.4 Å². The number of halogens is 6. The molecule has 0 N–H and O–H groups in total. The fourth-order valence-corrected chi connectivity index (χ4v) is 2.53. The van der Waals surface area contributed by atoms with Crippen LogP contribution in [0.5, 0.6) is 0 Å². The number of rotatable bonds is 1. The summed E-state index contributed by atoms with van der Waals surface area (Å²) in [6.07, 6.45) is -6.89. The van der Waals surface area contributed by atoms with Crippen LogP contribution >= 0.6 is 0 Å². The van der Waals surface area contributed by atoms with Crippen molar-refractivity contribution in [3.8, 4) is 0 Å². The molecule has 0 unspecified atom stereocenters. The molecule has 0 atom stereocenters. The normalized spacial score (nSPS) is 16.6. The highest BCUT2D eigenvalue weighted by molar-refractivity contribution is 6.01. The zero-order valence-electron chi connectivity index (χ0n) is 11.4. The molecule has 1 aromatic heterocycles. The van der Waals surface area contributed by atoms with Crippen molar-refractivity contribution in [3.63, 3.8) is 0 Å². The van der Waals surface area contributed by atoms with E-state index >= 15 is 0 Å². The molecule has 1 aliphatic rings. The van der Waals surface area contributed by atoms with Crippen molar-refractivity contribution in [2.24, 2.45) is 0 Å². The van der Waals surface area contributed by atoms with Gasteiger partial charge in [0.25, 0.3) is 5.78 Å². The van der Waals surface area contributed by atoms with E-state index in [9.17, 15) is 31.1 Å². The smallest absolute Gasteiger partial charge is 0.284 e. The molecule has 1 aromatic rings. The van der Waals surface area contributed by atoms with E-state index in [1.54, 1.807) is 0 Å². The van der Waals surface area contributed by atoms with E-state index in [1.165, 1.54) is 0 Å². The van der Waals surface area contributed by atoms with Crippen molar-refractivity contribution in [1.29, 1.82) is 0 Å². The molecule has 0 spiro atoms. The van der Waals surface area contributed by atoms with Crippen LogP contribution in [0.3, 0.4) is 0 Å². The molecule has 122 valence electrons. The third-order valence-electron chi connectivity index (χ3n) is 3.57. The molecule has 0 aromatic carbocycles. The summed E-state index contributed by atoms with van der Waals surface area (Å²) in [5.74, 6) is -2.50. The molecule has 0 saturated carbocycles. The summed E-state index contributed by atoms with van der Waals surface area (Å²) in [4.78, 5) is 14.7. The molecule has 0 radical (unpaired) electrons. The van der Waals surface area contributed by atoms with Crippen molar-refractivity contribution in [1.82, 2.24) is 4.98 Å². The van der Waals surface area contributed by atoms with Crippen LogP contribution in [0.15, 0.2) is 6.07 Å². The highest BCUT2D eigenvalue weighted by Crippen LogP contribution is 2.35. The third kappa shape index (κ3) is 3.59. The number of nitrogens with zero attached hydrogens (tertiary/aromatic N) is 1. The van der Waals surface area contributed by atoms with Crippen LogP contribution in [0.2, 0.25) is 0 Å². The first-order valence-electron chi connectivity index (χ1n) is 6.82. The first-order valence-corrected chi connectivity index (χ1v) is 6.82. The fourth-order valence-electron chi connectivity index (χ4n) is 2.53. The van der Waals surface area contributed by atoms with Gasteiger partial charge in [0.2, 0.25) is 0 Å². The van der Waals surface area contributed by atoms with Crippen LogP contribution in [0.25, 0.3) is 0 Å². The second-order valence-corrected chi connectivity index (χ2v) is 5.23. The second kappa shape index (κ2) is 5.89. The van der Waals surface area contributed by atoms with Gasteiger partial charge in [-0.15, -0.1) is 0 Å². The minimum atomic E-state index is -5.36. The van der Waals surface area contributed by atoms with Gasteiger partial charge in [0.15, 0.2) is 5.69 Å². The molecule has 8 heteroatoms. The van der Waals surface area contributed by atoms with Crippen LogP contribution in [0, 0.1) is 0 Å². The van der Waals surface area contributed by atoms with E-state index < -0.39 is 29.4 Å². The molecular formula is C14H13F6NO. The van der Waals surface area contributed by atoms with Gasteiger partial charge in [-0.25, -0.2) is 4.98 Å². The van der Waals surface area contributed by atoms with Crippen molar-refractivity contribution < 1.29 is 31.1 Å². The van der Waals surface area contributed by atoms with Gasteiger partial charge in [-0.2, -0.15) is 26.3 Å². The quantitative estimate of drug-likeness (QED) is 0.562. The Hall–Kier alpha value is -1.60. The first kappa shape index (κ1) is 16.8. The number of fused-ring (bicyclic) bond motifs is 1.